The Kier molecular flexibility index (Phi) is 5.37. The summed E-state index contributed by atoms with van der Waals surface area (Å²) < 4.78 is 10.7. The van der Waals surface area contributed by atoms with E-state index in [4.69, 9.17) is 9.47 Å². The molecule has 27 heavy (non-hydrogen) atoms. The number of nitrogens with one attached hydrogen (secondary N) is 2. The molecule has 2 aliphatic rings. The number of carbonyl (C=O) groups excluding carboxylic acids is 1. The largest absolute Gasteiger partial charge is 0.454 e. The maximum Gasteiger partial charge on any atom is 0.272 e. The van der Waals surface area contributed by atoms with Gasteiger partial charge in [0.15, 0.2) is 17.2 Å². The van der Waals surface area contributed by atoms with Gasteiger partial charge in [-0.05, 0) is 42.7 Å². The minimum absolute atomic E-state index is 0.142. The average Bonchev–Trinajstić information content (AvgIpc) is 3.02. The quantitative estimate of drug-likeness (QED) is 0.788. The Morgan fingerprint density at radius 2 is 1.81 bits per heavy atom. The molecule has 4 rings (SSSR count). The van der Waals surface area contributed by atoms with Gasteiger partial charge in [0, 0.05) is 12.6 Å². The molecule has 1 aromatic carbocycles. The molecule has 2 N–H and O–H groups in total. The van der Waals surface area contributed by atoms with E-state index in [0.29, 0.717) is 18.1 Å². The van der Waals surface area contributed by atoms with E-state index in [1.54, 1.807) is 12.1 Å². The van der Waals surface area contributed by atoms with Gasteiger partial charge in [-0.1, -0.05) is 31.7 Å². The van der Waals surface area contributed by atoms with Crippen molar-refractivity contribution in [3.63, 3.8) is 0 Å². The second-order valence-electron chi connectivity index (χ2n) is 7.01. The molecule has 1 aromatic heterocycles. The Balaban J connectivity index is 1.31. The van der Waals surface area contributed by atoms with Crippen LogP contribution in [0, 0.1) is 0 Å². The highest BCUT2D eigenvalue weighted by Crippen LogP contribution is 2.32. The van der Waals surface area contributed by atoms with Crippen molar-refractivity contribution in [1.29, 1.82) is 0 Å². The van der Waals surface area contributed by atoms with Gasteiger partial charge < -0.3 is 20.1 Å². The number of anilines is 1. The van der Waals surface area contributed by atoms with Gasteiger partial charge in [-0.15, -0.1) is 10.2 Å². The van der Waals surface area contributed by atoms with Crippen LogP contribution in [-0.4, -0.2) is 28.9 Å². The Hall–Kier alpha value is -2.83. The molecule has 7 heteroatoms. The van der Waals surface area contributed by atoms with Gasteiger partial charge in [-0.3, -0.25) is 4.79 Å². The molecule has 1 saturated carbocycles. The highest BCUT2D eigenvalue weighted by atomic mass is 16.7. The van der Waals surface area contributed by atoms with Crippen LogP contribution in [0.4, 0.5) is 5.82 Å². The fourth-order valence-corrected chi connectivity index (χ4v) is 3.47. The number of rotatable bonds is 5. The van der Waals surface area contributed by atoms with Crippen molar-refractivity contribution in [2.75, 3.05) is 12.1 Å². The van der Waals surface area contributed by atoms with Crippen LogP contribution in [0.15, 0.2) is 30.3 Å². The van der Waals surface area contributed by atoms with Gasteiger partial charge >= 0.3 is 0 Å². The number of hydrogen-bond acceptors (Lipinski definition) is 6. The van der Waals surface area contributed by atoms with Crippen molar-refractivity contribution < 1.29 is 14.3 Å². The Morgan fingerprint density at radius 1 is 1.00 bits per heavy atom. The third-order valence-corrected chi connectivity index (χ3v) is 5.00. The maximum absolute atomic E-state index is 12.4. The molecular formula is C20H24N4O3. The average molecular weight is 368 g/mol. The van der Waals surface area contributed by atoms with Crippen molar-refractivity contribution in [1.82, 2.24) is 15.5 Å². The lowest BCUT2D eigenvalue weighted by molar-refractivity contribution is 0.0927. The predicted molar refractivity (Wildman–Crippen MR) is 101 cm³/mol. The molecule has 0 unspecified atom stereocenters. The Bertz CT molecular complexity index is 786. The molecule has 1 fully saturated rings. The molecule has 1 aliphatic heterocycles. The fourth-order valence-electron chi connectivity index (χ4n) is 3.47. The van der Waals surface area contributed by atoms with Gasteiger partial charge in [-0.2, -0.15) is 0 Å². The number of fused-ring (bicyclic) bond motifs is 1. The number of carbonyl (C=O) groups is 1. The molecule has 0 bridgehead atoms. The van der Waals surface area contributed by atoms with Crippen molar-refractivity contribution in [2.45, 2.75) is 51.1 Å². The van der Waals surface area contributed by atoms with Gasteiger partial charge in [0.1, 0.15) is 5.82 Å². The topological polar surface area (TPSA) is 85.4 Å². The van der Waals surface area contributed by atoms with E-state index in [-0.39, 0.29) is 18.7 Å². The van der Waals surface area contributed by atoms with E-state index >= 15 is 0 Å². The third kappa shape index (κ3) is 4.48. The highest BCUT2D eigenvalue weighted by molar-refractivity contribution is 5.92. The minimum atomic E-state index is -0.142. The zero-order valence-electron chi connectivity index (χ0n) is 15.2. The summed E-state index contributed by atoms with van der Waals surface area (Å²) in [4.78, 5) is 12.4. The number of amides is 1. The Labute approximate surface area is 158 Å². The maximum atomic E-state index is 12.4. The molecule has 2 aromatic rings. The molecule has 2 heterocycles. The van der Waals surface area contributed by atoms with E-state index in [1.807, 2.05) is 18.2 Å². The Morgan fingerprint density at radius 3 is 2.59 bits per heavy atom. The van der Waals surface area contributed by atoms with Crippen LogP contribution in [0.2, 0.25) is 0 Å². The number of aromatic nitrogens is 2. The van der Waals surface area contributed by atoms with E-state index in [9.17, 15) is 4.79 Å². The lowest BCUT2D eigenvalue weighted by Crippen LogP contribution is -2.35. The highest BCUT2D eigenvalue weighted by Gasteiger charge is 2.17. The summed E-state index contributed by atoms with van der Waals surface area (Å²) in [5, 5.41) is 14.5. The van der Waals surface area contributed by atoms with Crippen LogP contribution in [0.1, 0.15) is 54.6 Å². The SMILES string of the molecule is O=C(NC1CCCCCC1)c1ccc(NCc2ccc3c(c2)OCO3)nn1. The van der Waals surface area contributed by atoms with Crippen molar-refractivity contribution in [3.8, 4) is 11.5 Å². The molecular weight excluding hydrogens is 344 g/mol. The summed E-state index contributed by atoms with van der Waals surface area (Å²) in [7, 11) is 0. The lowest BCUT2D eigenvalue weighted by Gasteiger charge is -2.15. The zero-order chi connectivity index (χ0) is 18.5. The van der Waals surface area contributed by atoms with Gasteiger partial charge in [-0.25, -0.2) is 0 Å². The predicted octanol–water partition coefficient (Wildman–Crippen LogP) is 3.27. The van der Waals surface area contributed by atoms with E-state index < -0.39 is 0 Å². The van der Waals surface area contributed by atoms with Gasteiger partial charge in [0.05, 0.1) is 0 Å². The van der Waals surface area contributed by atoms with Crippen LogP contribution in [0.5, 0.6) is 11.5 Å². The van der Waals surface area contributed by atoms with Crippen molar-refractivity contribution in [3.05, 3.63) is 41.6 Å². The van der Waals surface area contributed by atoms with Crippen molar-refractivity contribution in [2.24, 2.45) is 0 Å². The van der Waals surface area contributed by atoms with Gasteiger partial charge in [0.25, 0.3) is 5.91 Å². The smallest absolute Gasteiger partial charge is 0.272 e. The summed E-state index contributed by atoms with van der Waals surface area (Å²) in [6, 6.07) is 9.56. The zero-order valence-corrected chi connectivity index (χ0v) is 15.2. The third-order valence-electron chi connectivity index (χ3n) is 5.00. The molecule has 0 atom stereocenters. The first kappa shape index (κ1) is 17.6. The first-order valence-electron chi connectivity index (χ1n) is 9.55. The van der Waals surface area contributed by atoms with Crippen LogP contribution < -0.4 is 20.1 Å². The molecule has 1 amide bonds. The fraction of sp³-hybridized carbons (Fsp3) is 0.450. The summed E-state index contributed by atoms with van der Waals surface area (Å²) in [6.07, 6.45) is 6.98. The second kappa shape index (κ2) is 8.24. The van der Waals surface area contributed by atoms with Crippen LogP contribution in [0.3, 0.4) is 0 Å². The summed E-state index contributed by atoms with van der Waals surface area (Å²) in [5.74, 6) is 2.00. The summed E-state index contributed by atoms with van der Waals surface area (Å²) >= 11 is 0. The van der Waals surface area contributed by atoms with Crippen LogP contribution in [0.25, 0.3) is 0 Å². The molecule has 7 nitrogen and oxygen atoms in total. The number of benzene rings is 1. The first-order valence-corrected chi connectivity index (χ1v) is 9.55. The normalized spacial score (nSPS) is 16.6. The lowest BCUT2D eigenvalue weighted by atomic mass is 10.1. The molecule has 0 spiro atoms. The van der Waals surface area contributed by atoms with Gasteiger partial charge in [0.2, 0.25) is 6.79 Å². The summed E-state index contributed by atoms with van der Waals surface area (Å²) in [5.41, 5.74) is 1.41. The summed E-state index contributed by atoms with van der Waals surface area (Å²) in [6.45, 7) is 0.848. The van der Waals surface area contributed by atoms with E-state index in [2.05, 4.69) is 20.8 Å². The van der Waals surface area contributed by atoms with Crippen LogP contribution in [-0.2, 0) is 6.54 Å². The minimum Gasteiger partial charge on any atom is -0.454 e. The monoisotopic (exact) mass is 368 g/mol. The molecule has 142 valence electrons. The number of hydrogen-bond donors (Lipinski definition) is 2. The van der Waals surface area contributed by atoms with E-state index in [0.717, 1.165) is 29.9 Å². The first-order chi connectivity index (χ1) is 13.3. The number of ether oxygens (including phenoxy) is 2. The second-order valence-corrected chi connectivity index (χ2v) is 7.01. The standard InChI is InChI=1S/C20H24N4O3/c25-20(22-15-5-3-1-2-4-6-15)16-8-10-19(24-23-16)21-12-14-7-9-17-18(11-14)27-13-26-17/h7-11,15H,1-6,12-13H2,(H,21,24)(H,22,25). The molecule has 0 saturated heterocycles. The molecule has 0 radical (unpaired) electrons. The van der Waals surface area contributed by atoms with Crippen LogP contribution >= 0.6 is 0 Å². The molecule has 1 aliphatic carbocycles. The van der Waals surface area contributed by atoms with E-state index in [1.165, 1.54) is 25.7 Å². The number of nitrogens with zero attached hydrogens (tertiary/aromatic N) is 2. The van der Waals surface area contributed by atoms with Crippen molar-refractivity contribution >= 4 is 11.7 Å².